The van der Waals surface area contributed by atoms with Gasteiger partial charge in [0.15, 0.2) is 0 Å². The summed E-state index contributed by atoms with van der Waals surface area (Å²) in [5.41, 5.74) is 0.757. The number of benzene rings is 1. The number of carbonyl (C=O) groups is 1. The molecule has 1 aromatic carbocycles. The molecule has 0 spiro atoms. The number of amides is 1. The third kappa shape index (κ3) is 5.29. The van der Waals surface area contributed by atoms with Gasteiger partial charge in [-0.3, -0.25) is 4.79 Å². The van der Waals surface area contributed by atoms with Crippen molar-refractivity contribution < 1.29 is 4.79 Å². The van der Waals surface area contributed by atoms with Crippen LogP contribution in [0.15, 0.2) is 24.3 Å². The normalized spacial score (nSPS) is 18.6. The summed E-state index contributed by atoms with van der Waals surface area (Å²) >= 11 is 5.87. The summed E-state index contributed by atoms with van der Waals surface area (Å²) in [6, 6.07) is 7.79. The van der Waals surface area contributed by atoms with Gasteiger partial charge in [0.1, 0.15) is 0 Å². The smallest absolute Gasteiger partial charge is 0.225 e. The van der Waals surface area contributed by atoms with Gasteiger partial charge in [-0.05, 0) is 38.2 Å². The van der Waals surface area contributed by atoms with Crippen molar-refractivity contribution in [2.45, 2.75) is 18.9 Å². The Bertz CT molecular complexity index is 442. The first kappa shape index (κ1) is 17.2. The van der Waals surface area contributed by atoms with Crippen LogP contribution in [0.5, 0.6) is 0 Å². The van der Waals surface area contributed by atoms with Crippen LogP contribution in [-0.4, -0.2) is 43.5 Å². The molecule has 0 saturated carbocycles. The van der Waals surface area contributed by atoms with E-state index >= 15 is 0 Å². The number of halogens is 2. The van der Waals surface area contributed by atoms with Gasteiger partial charge in [0, 0.05) is 36.3 Å². The van der Waals surface area contributed by atoms with Crippen LogP contribution in [0.3, 0.4) is 0 Å². The summed E-state index contributed by atoms with van der Waals surface area (Å²) in [5, 5.41) is 6.77. The number of anilines is 1. The second kappa shape index (κ2) is 8.47. The van der Waals surface area contributed by atoms with E-state index in [0.717, 1.165) is 31.7 Å². The first-order chi connectivity index (χ1) is 9.17. The highest BCUT2D eigenvalue weighted by Crippen LogP contribution is 2.15. The maximum Gasteiger partial charge on any atom is 0.225 e. The molecule has 6 heteroatoms. The molecule has 2 N–H and O–H groups in total. The molecule has 1 heterocycles. The number of hydrogen-bond donors (Lipinski definition) is 2. The van der Waals surface area contributed by atoms with Gasteiger partial charge < -0.3 is 15.5 Å². The van der Waals surface area contributed by atoms with Crippen LogP contribution in [0.25, 0.3) is 0 Å². The van der Waals surface area contributed by atoms with Crippen LogP contribution in [0.2, 0.25) is 5.02 Å². The standard InChI is InChI=1S/C14H20ClN3O.ClH/c1-16-13-5-7-18(10-13)8-6-14(19)17-12-4-2-3-11(15)9-12;/h2-4,9,13,16H,5-8,10H2,1H3,(H,17,19);1H. The van der Waals surface area contributed by atoms with E-state index in [4.69, 9.17) is 11.6 Å². The minimum Gasteiger partial charge on any atom is -0.326 e. The van der Waals surface area contributed by atoms with Gasteiger partial charge in [-0.25, -0.2) is 0 Å². The Morgan fingerprint density at radius 3 is 2.95 bits per heavy atom. The molecule has 1 saturated heterocycles. The Morgan fingerprint density at radius 2 is 2.30 bits per heavy atom. The molecule has 0 bridgehead atoms. The minimum atomic E-state index is 0. The fourth-order valence-electron chi connectivity index (χ4n) is 2.32. The Morgan fingerprint density at radius 1 is 1.50 bits per heavy atom. The van der Waals surface area contributed by atoms with Crippen molar-refractivity contribution in [2.24, 2.45) is 0 Å². The average molecular weight is 318 g/mol. The van der Waals surface area contributed by atoms with Crippen LogP contribution in [0.4, 0.5) is 5.69 Å². The fraction of sp³-hybridized carbons (Fsp3) is 0.500. The first-order valence-corrected chi connectivity index (χ1v) is 7.00. The molecule has 0 aromatic heterocycles. The monoisotopic (exact) mass is 317 g/mol. The van der Waals surface area contributed by atoms with E-state index in [-0.39, 0.29) is 18.3 Å². The molecule has 1 aromatic rings. The molecule has 20 heavy (non-hydrogen) atoms. The van der Waals surface area contributed by atoms with E-state index in [0.29, 0.717) is 17.5 Å². The van der Waals surface area contributed by atoms with E-state index in [2.05, 4.69) is 15.5 Å². The highest BCUT2D eigenvalue weighted by Gasteiger charge is 2.20. The van der Waals surface area contributed by atoms with Crippen molar-refractivity contribution >= 4 is 35.6 Å². The van der Waals surface area contributed by atoms with Crippen molar-refractivity contribution in [1.29, 1.82) is 0 Å². The Labute approximate surface area is 131 Å². The molecule has 2 rings (SSSR count). The topological polar surface area (TPSA) is 44.4 Å². The zero-order valence-corrected chi connectivity index (χ0v) is 13.1. The highest BCUT2D eigenvalue weighted by molar-refractivity contribution is 6.30. The third-order valence-electron chi connectivity index (χ3n) is 3.44. The van der Waals surface area contributed by atoms with Gasteiger partial charge in [0.05, 0.1) is 0 Å². The summed E-state index contributed by atoms with van der Waals surface area (Å²) in [4.78, 5) is 14.2. The lowest BCUT2D eigenvalue weighted by Gasteiger charge is -2.15. The second-order valence-corrected chi connectivity index (χ2v) is 5.32. The summed E-state index contributed by atoms with van der Waals surface area (Å²) < 4.78 is 0. The summed E-state index contributed by atoms with van der Waals surface area (Å²) in [7, 11) is 1.99. The molecule has 1 fully saturated rings. The summed E-state index contributed by atoms with van der Waals surface area (Å²) in [6.45, 7) is 2.90. The molecule has 112 valence electrons. The molecule has 0 radical (unpaired) electrons. The van der Waals surface area contributed by atoms with Gasteiger partial charge in [-0.1, -0.05) is 17.7 Å². The molecule has 4 nitrogen and oxygen atoms in total. The van der Waals surface area contributed by atoms with E-state index in [1.165, 1.54) is 0 Å². The lowest BCUT2D eigenvalue weighted by molar-refractivity contribution is -0.116. The molecule has 1 aliphatic rings. The number of rotatable bonds is 5. The van der Waals surface area contributed by atoms with Crippen LogP contribution >= 0.6 is 24.0 Å². The molecular formula is C14H21Cl2N3O. The third-order valence-corrected chi connectivity index (χ3v) is 3.68. The van der Waals surface area contributed by atoms with E-state index in [9.17, 15) is 4.79 Å². The maximum absolute atomic E-state index is 11.8. The van der Waals surface area contributed by atoms with Crippen LogP contribution in [-0.2, 0) is 4.79 Å². The number of carbonyl (C=O) groups excluding carboxylic acids is 1. The number of nitrogens with zero attached hydrogens (tertiary/aromatic N) is 1. The lowest BCUT2D eigenvalue weighted by atomic mass is 10.3. The predicted octanol–water partition coefficient (Wildman–Crippen LogP) is 2.38. The second-order valence-electron chi connectivity index (χ2n) is 4.88. The molecule has 1 atom stereocenters. The van der Waals surface area contributed by atoms with Gasteiger partial charge >= 0.3 is 0 Å². The van der Waals surface area contributed by atoms with Gasteiger partial charge in [0.2, 0.25) is 5.91 Å². The molecule has 0 aliphatic carbocycles. The Hall–Kier alpha value is -0.810. The maximum atomic E-state index is 11.8. The zero-order valence-electron chi connectivity index (χ0n) is 11.6. The van der Waals surface area contributed by atoms with E-state index < -0.39 is 0 Å². The fourth-order valence-corrected chi connectivity index (χ4v) is 2.51. The molecule has 1 amide bonds. The van der Waals surface area contributed by atoms with Crippen LogP contribution < -0.4 is 10.6 Å². The van der Waals surface area contributed by atoms with Gasteiger partial charge in [-0.15, -0.1) is 12.4 Å². The molecule has 1 unspecified atom stereocenters. The van der Waals surface area contributed by atoms with Crippen molar-refractivity contribution in [2.75, 3.05) is 32.0 Å². The quantitative estimate of drug-likeness (QED) is 0.876. The number of nitrogens with one attached hydrogen (secondary N) is 2. The zero-order chi connectivity index (χ0) is 13.7. The average Bonchev–Trinajstić information content (AvgIpc) is 2.84. The van der Waals surface area contributed by atoms with Crippen LogP contribution in [0, 0.1) is 0 Å². The van der Waals surface area contributed by atoms with Gasteiger partial charge in [0.25, 0.3) is 0 Å². The number of likely N-dealkylation sites (N-methyl/N-ethyl adjacent to an activating group) is 1. The largest absolute Gasteiger partial charge is 0.326 e. The Kier molecular flexibility index (Phi) is 7.30. The summed E-state index contributed by atoms with van der Waals surface area (Å²) in [5.74, 6) is 0.0372. The minimum absolute atomic E-state index is 0. The van der Waals surface area contributed by atoms with Gasteiger partial charge in [-0.2, -0.15) is 0 Å². The SMILES string of the molecule is CNC1CCN(CCC(=O)Nc2cccc(Cl)c2)C1.Cl. The van der Waals surface area contributed by atoms with Crippen LogP contribution in [0.1, 0.15) is 12.8 Å². The molecule has 1 aliphatic heterocycles. The highest BCUT2D eigenvalue weighted by atomic mass is 35.5. The first-order valence-electron chi connectivity index (χ1n) is 6.62. The van der Waals surface area contributed by atoms with E-state index in [1.807, 2.05) is 19.2 Å². The van der Waals surface area contributed by atoms with Crippen molar-refractivity contribution in [3.63, 3.8) is 0 Å². The molecular weight excluding hydrogens is 297 g/mol. The Balaban J connectivity index is 0.00000200. The predicted molar refractivity (Wildman–Crippen MR) is 85.9 cm³/mol. The van der Waals surface area contributed by atoms with Crippen molar-refractivity contribution in [1.82, 2.24) is 10.2 Å². The number of hydrogen-bond acceptors (Lipinski definition) is 3. The lowest BCUT2D eigenvalue weighted by Crippen LogP contribution is -2.31. The summed E-state index contributed by atoms with van der Waals surface area (Å²) in [6.07, 6.45) is 1.68. The van der Waals surface area contributed by atoms with E-state index in [1.54, 1.807) is 12.1 Å². The van der Waals surface area contributed by atoms with Crippen molar-refractivity contribution in [3.05, 3.63) is 29.3 Å². The van der Waals surface area contributed by atoms with Crippen molar-refractivity contribution in [3.8, 4) is 0 Å². The number of likely N-dealkylation sites (tertiary alicyclic amines) is 1.